The van der Waals surface area contributed by atoms with Crippen molar-refractivity contribution in [1.29, 1.82) is 0 Å². The number of nitrogens with one attached hydrogen (secondary N) is 1. The van der Waals surface area contributed by atoms with Gasteiger partial charge in [-0.3, -0.25) is 4.79 Å². The molecule has 2 N–H and O–H groups in total. The highest BCUT2D eigenvalue weighted by molar-refractivity contribution is 8.00. The molecule has 2 aliphatic heterocycles. The van der Waals surface area contributed by atoms with Gasteiger partial charge in [-0.1, -0.05) is 19.8 Å². The van der Waals surface area contributed by atoms with Gasteiger partial charge in [-0.25, -0.2) is 4.79 Å². The average Bonchev–Trinajstić information content (AvgIpc) is 2.33. The van der Waals surface area contributed by atoms with Crippen LogP contribution in [0.15, 0.2) is 11.8 Å². The molecular weight excluding hydrogens is 252 g/mol. The first-order valence-electron chi connectivity index (χ1n) is 6.28. The Bertz CT molecular complexity index is 384. The molecule has 6 heteroatoms. The molecule has 18 heavy (non-hydrogen) atoms. The van der Waals surface area contributed by atoms with E-state index in [1.165, 1.54) is 22.9 Å². The lowest BCUT2D eigenvalue weighted by Crippen LogP contribution is -2.53. The first-order valence-corrected chi connectivity index (χ1v) is 7.22. The molecule has 0 aliphatic carbocycles. The molecule has 5 nitrogen and oxygen atoms in total. The summed E-state index contributed by atoms with van der Waals surface area (Å²) in [6.45, 7) is 2.95. The molecule has 1 amide bonds. The number of hydrogen-bond acceptors (Lipinski definition) is 4. The maximum absolute atomic E-state index is 11.3. The van der Waals surface area contributed by atoms with Crippen LogP contribution < -0.4 is 5.32 Å². The van der Waals surface area contributed by atoms with Crippen LogP contribution in [0.4, 0.5) is 0 Å². The molecule has 1 saturated heterocycles. The predicted octanol–water partition coefficient (Wildman–Crippen LogP) is 1.37. The summed E-state index contributed by atoms with van der Waals surface area (Å²) in [4.78, 5) is 24.0. The normalized spacial score (nSPS) is 26.4. The zero-order valence-electron chi connectivity index (χ0n) is 10.4. The minimum absolute atomic E-state index is 0.00989. The van der Waals surface area contributed by atoms with E-state index in [9.17, 15) is 9.59 Å². The van der Waals surface area contributed by atoms with Gasteiger partial charge in [-0.2, -0.15) is 0 Å². The summed E-state index contributed by atoms with van der Waals surface area (Å²) in [5.74, 6) is -0.940. The van der Waals surface area contributed by atoms with E-state index < -0.39 is 5.97 Å². The highest BCUT2D eigenvalue weighted by Gasteiger charge is 2.42. The molecule has 2 rings (SSSR count). The Labute approximate surface area is 111 Å². The van der Waals surface area contributed by atoms with Gasteiger partial charge in [0.15, 0.2) is 0 Å². The van der Waals surface area contributed by atoms with E-state index in [0.29, 0.717) is 6.42 Å². The number of rotatable bonds is 6. The summed E-state index contributed by atoms with van der Waals surface area (Å²) in [5.41, 5.74) is 0.279. The zero-order chi connectivity index (χ0) is 13.1. The van der Waals surface area contributed by atoms with Crippen molar-refractivity contribution in [2.24, 2.45) is 0 Å². The third-order valence-electron chi connectivity index (χ3n) is 3.16. The molecule has 0 bridgehead atoms. The minimum Gasteiger partial charge on any atom is -0.478 e. The van der Waals surface area contributed by atoms with Crippen LogP contribution in [0, 0.1) is 0 Å². The van der Waals surface area contributed by atoms with Crippen molar-refractivity contribution >= 4 is 23.6 Å². The fraction of sp³-hybridized carbons (Fsp3) is 0.667. The Kier molecular flexibility index (Phi) is 4.29. The van der Waals surface area contributed by atoms with Gasteiger partial charge < -0.3 is 15.3 Å². The predicted molar refractivity (Wildman–Crippen MR) is 69.9 cm³/mol. The second-order valence-corrected chi connectivity index (χ2v) is 5.81. The number of β-lactam (4-membered cyclic amide) rings is 1. The number of carboxylic acid groups (broad SMARTS) is 1. The monoisotopic (exact) mass is 270 g/mol. The number of carboxylic acids is 1. The summed E-state index contributed by atoms with van der Waals surface area (Å²) in [6.07, 6.45) is 5.35. The Morgan fingerprint density at radius 1 is 1.61 bits per heavy atom. The molecule has 0 aromatic heterocycles. The fourth-order valence-corrected chi connectivity index (χ4v) is 3.44. The van der Waals surface area contributed by atoms with E-state index in [4.69, 9.17) is 5.11 Å². The molecule has 0 aromatic carbocycles. The third kappa shape index (κ3) is 2.70. The molecule has 2 heterocycles. The van der Waals surface area contributed by atoms with Crippen molar-refractivity contribution in [1.82, 2.24) is 10.2 Å². The number of carbonyl (C=O) groups excluding carboxylic acids is 1. The molecule has 1 unspecified atom stereocenters. The van der Waals surface area contributed by atoms with Crippen molar-refractivity contribution in [3.63, 3.8) is 0 Å². The lowest BCUT2D eigenvalue weighted by atomic mass is 10.1. The van der Waals surface area contributed by atoms with Crippen molar-refractivity contribution in [2.45, 2.75) is 43.4 Å². The average molecular weight is 270 g/mol. The van der Waals surface area contributed by atoms with E-state index in [2.05, 4.69) is 12.2 Å². The van der Waals surface area contributed by atoms with E-state index in [-0.39, 0.29) is 22.2 Å². The number of aliphatic carboxylic acids is 1. The maximum atomic E-state index is 11.3. The Hall–Kier alpha value is -1.01. The summed E-state index contributed by atoms with van der Waals surface area (Å²) < 4.78 is 0. The van der Waals surface area contributed by atoms with Crippen LogP contribution in [0.25, 0.3) is 0 Å². The van der Waals surface area contributed by atoms with Crippen molar-refractivity contribution < 1.29 is 14.7 Å². The van der Waals surface area contributed by atoms with E-state index in [1.54, 1.807) is 0 Å². The molecule has 2 atom stereocenters. The molecule has 2 aliphatic rings. The van der Waals surface area contributed by atoms with Gasteiger partial charge in [-0.15, -0.1) is 11.8 Å². The second-order valence-electron chi connectivity index (χ2n) is 4.53. The summed E-state index contributed by atoms with van der Waals surface area (Å²) in [7, 11) is 0. The van der Waals surface area contributed by atoms with E-state index in [0.717, 1.165) is 25.8 Å². The zero-order valence-corrected chi connectivity index (χ0v) is 11.2. The molecule has 0 saturated carbocycles. The number of thioether (sulfide) groups is 1. The van der Waals surface area contributed by atoms with Gasteiger partial charge in [0.25, 0.3) is 0 Å². The van der Waals surface area contributed by atoms with E-state index >= 15 is 0 Å². The Morgan fingerprint density at radius 2 is 2.39 bits per heavy atom. The van der Waals surface area contributed by atoms with Gasteiger partial charge in [-0.05, 0) is 13.0 Å². The number of amides is 1. The maximum Gasteiger partial charge on any atom is 0.335 e. The van der Waals surface area contributed by atoms with Crippen LogP contribution in [-0.4, -0.2) is 39.2 Å². The minimum atomic E-state index is -0.950. The highest BCUT2D eigenvalue weighted by atomic mass is 32.2. The largest absolute Gasteiger partial charge is 0.478 e. The first-order chi connectivity index (χ1) is 8.63. The standard InChI is InChI=1S/C12H18N2O3S/c1-2-3-4-5-13-11-8(12(16)17)7-14-9(15)6-10(14)18-11/h7,10-11,13H,2-6H2,1H3,(H,16,17)/t10-,11?/m1/s1. The molecule has 0 radical (unpaired) electrons. The molecule has 0 aromatic rings. The number of hydrogen-bond donors (Lipinski definition) is 2. The van der Waals surface area contributed by atoms with Crippen LogP contribution >= 0.6 is 11.8 Å². The van der Waals surface area contributed by atoms with Crippen LogP contribution in [-0.2, 0) is 9.59 Å². The van der Waals surface area contributed by atoms with Crippen molar-refractivity contribution in [3.8, 4) is 0 Å². The third-order valence-corrected chi connectivity index (χ3v) is 4.56. The summed E-state index contributed by atoms with van der Waals surface area (Å²) in [6, 6.07) is 0. The fourth-order valence-electron chi connectivity index (χ4n) is 2.05. The lowest BCUT2D eigenvalue weighted by molar-refractivity contribution is -0.138. The quantitative estimate of drug-likeness (QED) is 0.563. The molecule has 0 spiro atoms. The van der Waals surface area contributed by atoms with E-state index in [1.807, 2.05) is 0 Å². The lowest BCUT2D eigenvalue weighted by Gasteiger charge is -2.43. The number of unbranched alkanes of at least 4 members (excludes halogenated alkanes) is 2. The molecular formula is C12H18N2O3S. The van der Waals surface area contributed by atoms with Crippen LogP contribution in [0.1, 0.15) is 32.6 Å². The summed E-state index contributed by atoms with van der Waals surface area (Å²) in [5, 5.41) is 12.3. The number of fused-ring (bicyclic) bond motifs is 1. The number of carbonyl (C=O) groups is 2. The smallest absolute Gasteiger partial charge is 0.335 e. The van der Waals surface area contributed by atoms with Crippen LogP contribution in [0.5, 0.6) is 0 Å². The second kappa shape index (κ2) is 5.75. The van der Waals surface area contributed by atoms with Crippen molar-refractivity contribution in [3.05, 3.63) is 11.8 Å². The van der Waals surface area contributed by atoms with Crippen LogP contribution in [0.2, 0.25) is 0 Å². The van der Waals surface area contributed by atoms with Crippen LogP contribution in [0.3, 0.4) is 0 Å². The Balaban J connectivity index is 1.96. The highest BCUT2D eigenvalue weighted by Crippen LogP contribution is 2.39. The van der Waals surface area contributed by atoms with Gasteiger partial charge in [0.1, 0.15) is 0 Å². The van der Waals surface area contributed by atoms with Crippen molar-refractivity contribution in [2.75, 3.05) is 6.54 Å². The Morgan fingerprint density at radius 3 is 3.00 bits per heavy atom. The van der Waals surface area contributed by atoms with Gasteiger partial charge in [0.2, 0.25) is 5.91 Å². The first kappa shape index (κ1) is 13.4. The van der Waals surface area contributed by atoms with Gasteiger partial charge in [0.05, 0.1) is 22.7 Å². The van der Waals surface area contributed by atoms with Gasteiger partial charge in [0, 0.05) is 6.20 Å². The number of nitrogens with zero attached hydrogens (tertiary/aromatic N) is 1. The molecule has 1 fully saturated rings. The van der Waals surface area contributed by atoms with Gasteiger partial charge >= 0.3 is 5.97 Å². The summed E-state index contributed by atoms with van der Waals surface area (Å²) >= 11 is 1.52. The molecule has 100 valence electrons. The topological polar surface area (TPSA) is 69.6 Å². The SMILES string of the molecule is CCCCCNC1S[C@@H]2CC(=O)N2C=C1C(=O)O.